The molecule has 3 aromatic rings. The van der Waals surface area contributed by atoms with E-state index in [9.17, 15) is 14.4 Å². The lowest BCUT2D eigenvalue weighted by molar-refractivity contribution is -0.107. The first-order valence-corrected chi connectivity index (χ1v) is 14.1. The maximum absolute atomic E-state index is 11.9. The van der Waals surface area contributed by atoms with Crippen molar-refractivity contribution in [2.24, 2.45) is 0 Å². The molecule has 2 heterocycles. The Bertz CT molecular complexity index is 1240. The van der Waals surface area contributed by atoms with Crippen molar-refractivity contribution in [2.45, 2.75) is 65.8 Å². The van der Waals surface area contributed by atoms with Crippen molar-refractivity contribution in [3.63, 3.8) is 0 Å². The highest BCUT2D eigenvalue weighted by molar-refractivity contribution is 5.75. The predicted molar refractivity (Wildman–Crippen MR) is 162 cm³/mol. The minimum atomic E-state index is -0.501. The van der Waals surface area contributed by atoms with E-state index in [4.69, 9.17) is 9.47 Å². The summed E-state index contributed by atoms with van der Waals surface area (Å²) < 4.78 is 12.6. The molecule has 10 heteroatoms. The summed E-state index contributed by atoms with van der Waals surface area (Å²) >= 11 is 0. The van der Waals surface area contributed by atoms with Crippen molar-refractivity contribution in [1.82, 2.24) is 19.4 Å². The Morgan fingerprint density at radius 2 is 1.38 bits per heavy atom. The Hall–Kier alpha value is -4.34. The number of imidazole rings is 1. The van der Waals surface area contributed by atoms with Crippen LogP contribution in [-0.4, -0.2) is 75.3 Å². The molecule has 0 aliphatic carbocycles. The summed E-state index contributed by atoms with van der Waals surface area (Å²) in [6, 6.07) is 18.0. The van der Waals surface area contributed by atoms with Crippen LogP contribution in [0, 0.1) is 0 Å². The molecule has 1 aliphatic heterocycles. The zero-order valence-corrected chi connectivity index (χ0v) is 25.5. The number of hydrogen-bond acceptors (Lipinski definition) is 6. The van der Waals surface area contributed by atoms with Gasteiger partial charge in [0.05, 0.1) is 12.9 Å². The van der Waals surface area contributed by atoms with Gasteiger partial charge in [0.25, 0.3) is 0 Å². The third-order valence-corrected chi connectivity index (χ3v) is 6.07. The monoisotopic (exact) mass is 577 g/mol. The van der Waals surface area contributed by atoms with Crippen molar-refractivity contribution in [3.05, 3.63) is 84.4 Å². The molecule has 226 valence electrons. The average molecular weight is 578 g/mol. The minimum Gasteiger partial charge on any atom is -0.444 e. The first-order valence-electron chi connectivity index (χ1n) is 14.1. The molecule has 1 aliphatic rings. The molecule has 3 amide bonds. The summed E-state index contributed by atoms with van der Waals surface area (Å²) in [6.07, 6.45) is 5.69. The van der Waals surface area contributed by atoms with Crippen LogP contribution in [0.2, 0.25) is 0 Å². The lowest BCUT2D eigenvalue weighted by Gasteiger charge is -2.36. The molecule has 0 atom stereocenters. The number of hydrogen-bond donors (Lipinski definition) is 0. The Morgan fingerprint density at radius 1 is 0.833 bits per heavy atom. The van der Waals surface area contributed by atoms with Crippen LogP contribution in [0.15, 0.2) is 73.3 Å². The van der Waals surface area contributed by atoms with Crippen molar-refractivity contribution in [2.75, 3.05) is 31.1 Å². The molecular formula is C32H43N5O5. The molecule has 0 radical (unpaired) electrons. The molecule has 4 rings (SSSR count). The van der Waals surface area contributed by atoms with Gasteiger partial charge >= 0.3 is 12.2 Å². The average Bonchev–Trinajstić information content (AvgIpc) is 3.44. The standard InChI is InChI=1S/C18H17N3O.C14H26N2O4/c22-15-21(13-16-5-2-1-3-6-16)18-8-4-7-17(11-18)12-20-10-9-19-14-20;1-13(2,3)19-11(17)15-7-9-16(10-8-15)12(18)20-14(4,5)6/h1-11,14-15H,12-13H2;7-10H2,1-6H3. The molecule has 1 fully saturated rings. The van der Waals surface area contributed by atoms with Crippen LogP contribution in [-0.2, 0) is 27.4 Å². The molecular weight excluding hydrogens is 534 g/mol. The third-order valence-electron chi connectivity index (χ3n) is 6.07. The second-order valence-electron chi connectivity index (χ2n) is 12.1. The molecule has 2 aromatic carbocycles. The number of rotatable bonds is 6. The van der Waals surface area contributed by atoms with E-state index in [1.807, 2.05) is 101 Å². The van der Waals surface area contributed by atoms with E-state index >= 15 is 0 Å². The zero-order chi connectivity index (χ0) is 30.8. The van der Waals surface area contributed by atoms with E-state index in [1.54, 1.807) is 27.2 Å². The lowest BCUT2D eigenvalue weighted by atomic mass is 10.1. The van der Waals surface area contributed by atoms with Gasteiger partial charge in [0.1, 0.15) is 11.2 Å². The quantitative estimate of drug-likeness (QED) is 0.356. The molecule has 0 saturated carbocycles. The van der Waals surface area contributed by atoms with Crippen molar-refractivity contribution in [1.29, 1.82) is 0 Å². The normalized spacial score (nSPS) is 13.5. The number of piperazine rings is 1. The molecule has 1 aromatic heterocycles. The fourth-order valence-electron chi connectivity index (χ4n) is 4.12. The lowest BCUT2D eigenvalue weighted by Crippen LogP contribution is -2.52. The fourth-order valence-corrected chi connectivity index (χ4v) is 4.12. The zero-order valence-electron chi connectivity index (χ0n) is 25.5. The second kappa shape index (κ2) is 14.5. The maximum Gasteiger partial charge on any atom is 0.410 e. The molecule has 0 unspecified atom stereocenters. The number of ether oxygens (including phenoxy) is 2. The highest BCUT2D eigenvalue weighted by Crippen LogP contribution is 2.19. The summed E-state index contributed by atoms with van der Waals surface area (Å²) in [4.78, 5) is 44.2. The number of aromatic nitrogens is 2. The van der Waals surface area contributed by atoms with E-state index in [0.717, 1.165) is 29.8 Å². The Morgan fingerprint density at radius 3 is 1.86 bits per heavy atom. The second-order valence-corrected chi connectivity index (χ2v) is 12.1. The summed E-state index contributed by atoms with van der Waals surface area (Å²) in [5.41, 5.74) is 2.14. The van der Waals surface area contributed by atoms with Gasteiger partial charge in [-0.25, -0.2) is 14.6 Å². The van der Waals surface area contributed by atoms with Crippen molar-refractivity contribution < 1.29 is 23.9 Å². The maximum atomic E-state index is 11.9. The number of carbonyl (C=O) groups is 3. The highest BCUT2D eigenvalue weighted by Gasteiger charge is 2.29. The Balaban J connectivity index is 0.000000232. The van der Waals surface area contributed by atoms with Crippen LogP contribution in [0.5, 0.6) is 0 Å². The van der Waals surface area contributed by atoms with E-state index < -0.39 is 11.2 Å². The van der Waals surface area contributed by atoms with Gasteiger partial charge in [0, 0.05) is 50.8 Å². The molecule has 0 bridgehead atoms. The number of nitrogens with zero attached hydrogens (tertiary/aromatic N) is 5. The number of carbonyl (C=O) groups excluding carboxylic acids is 3. The molecule has 1 saturated heterocycles. The number of anilines is 1. The van der Waals surface area contributed by atoms with Gasteiger partial charge in [-0.2, -0.15) is 0 Å². The van der Waals surface area contributed by atoms with Gasteiger partial charge in [0.2, 0.25) is 6.41 Å². The fraction of sp³-hybridized carbons (Fsp3) is 0.438. The van der Waals surface area contributed by atoms with Crippen LogP contribution in [0.3, 0.4) is 0 Å². The third kappa shape index (κ3) is 10.9. The largest absolute Gasteiger partial charge is 0.444 e. The van der Waals surface area contributed by atoms with Gasteiger partial charge in [-0.3, -0.25) is 4.79 Å². The van der Waals surface area contributed by atoms with Gasteiger partial charge in [0.15, 0.2) is 0 Å². The summed E-state index contributed by atoms with van der Waals surface area (Å²) in [5, 5.41) is 0. The van der Waals surface area contributed by atoms with Gasteiger partial charge in [-0.15, -0.1) is 0 Å². The van der Waals surface area contributed by atoms with Crippen LogP contribution in [0.4, 0.5) is 15.3 Å². The summed E-state index contributed by atoms with van der Waals surface area (Å²) in [7, 11) is 0. The van der Waals surface area contributed by atoms with Gasteiger partial charge in [-0.05, 0) is 64.8 Å². The Kier molecular flexibility index (Phi) is 11.1. The summed E-state index contributed by atoms with van der Waals surface area (Å²) in [5.74, 6) is 0. The van der Waals surface area contributed by atoms with Crippen LogP contribution >= 0.6 is 0 Å². The van der Waals surface area contributed by atoms with Crippen molar-refractivity contribution in [3.8, 4) is 0 Å². The van der Waals surface area contributed by atoms with E-state index in [0.29, 0.717) is 32.7 Å². The van der Waals surface area contributed by atoms with E-state index in [-0.39, 0.29) is 12.2 Å². The highest BCUT2D eigenvalue weighted by atomic mass is 16.6. The molecule has 10 nitrogen and oxygen atoms in total. The predicted octanol–water partition coefficient (Wildman–Crippen LogP) is 5.57. The molecule has 42 heavy (non-hydrogen) atoms. The van der Waals surface area contributed by atoms with Gasteiger partial charge < -0.3 is 28.7 Å². The van der Waals surface area contributed by atoms with Crippen LogP contribution in [0.25, 0.3) is 0 Å². The number of benzene rings is 2. The smallest absolute Gasteiger partial charge is 0.410 e. The van der Waals surface area contributed by atoms with E-state index in [2.05, 4.69) is 11.1 Å². The van der Waals surface area contributed by atoms with E-state index in [1.165, 1.54) is 0 Å². The van der Waals surface area contributed by atoms with Crippen LogP contribution < -0.4 is 4.90 Å². The molecule has 0 spiro atoms. The minimum absolute atomic E-state index is 0.332. The van der Waals surface area contributed by atoms with Gasteiger partial charge in [-0.1, -0.05) is 42.5 Å². The van der Waals surface area contributed by atoms with Crippen molar-refractivity contribution >= 4 is 24.3 Å². The Labute approximate surface area is 248 Å². The molecule has 0 N–H and O–H groups in total. The number of amides is 3. The SMILES string of the molecule is CC(C)(C)OC(=O)N1CCN(C(=O)OC(C)(C)C)CC1.O=CN(Cc1ccccc1)c1cccc(Cn2ccnc2)c1. The topological polar surface area (TPSA) is 97.2 Å². The summed E-state index contributed by atoms with van der Waals surface area (Å²) in [6.45, 7) is 14.2. The van der Waals surface area contributed by atoms with Crippen LogP contribution in [0.1, 0.15) is 52.7 Å². The first kappa shape index (κ1) is 32.2. The first-order chi connectivity index (χ1) is 19.8.